The van der Waals surface area contributed by atoms with Crippen LogP contribution in [0.1, 0.15) is 23.1 Å². The fourth-order valence-electron chi connectivity index (χ4n) is 3.55. The molecule has 2 N–H and O–H groups in total. The number of rotatable bonds is 10. The third-order valence-electron chi connectivity index (χ3n) is 5.20. The van der Waals surface area contributed by atoms with Crippen molar-refractivity contribution in [3.8, 4) is 5.75 Å². The Hall–Kier alpha value is -3.38. The number of hydrogen-bond acceptors (Lipinski definition) is 5. The van der Waals surface area contributed by atoms with E-state index in [9.17, 15) is 0 Å². The van der Waals surface area contributed by atoms with E-state index in [-0.39, 0.29) is 0 Å². The summed E-state index contributed by atoms with van der Waals surface area (Å²) in [5, 5.41) is 4.57. The molecule has 31 heavy (non-hydrogen) atoms. The molecule has 6 nitrogen and oxygen atoms in total. The van der Waals surface area contributed by atoms with Crippen molar-refractivity contribution in [3.63, 3.8) is 0 Å². The van der Waals surface area contributed by atoms with E-state index in [0.29, 0.717) is 13.2 Å². The highest BCUT2D eigenvalue weighted by atomic mass is 16.5. The van der Waals surface area contributed by atoms with Crippen LogP contribution in [0.5, 0.6) is 5.75 Å². The molecule has 0 aliphatic rings. The normalized spacial score (nSPS) is 11.2. The van der Waals surface area contributed by atoms with Crippen LogP contribution in [0.3, 0.4) is 0 Å². The SMILES string of the molecule is CN(C)CCCOc1ccccc1CNc1ccc(Cc2c[nH]c3ncccc23)cn1. The highest BCUT2D eigenvalue weighted by Crippen LogP contribution is 2.21. The van der Waals surface area contributed by atoms with Crippen LogP contribution in [0, 0.1) is 0 Å². The van der Waals surface area contributed by atoms with Crippen molar-refractivity contribution >= 4 is 16.9 Å². The van der Waals surface area contributed by atoms with Gasteiger partial charge < -0.3 is 19.9 Å². The van der Waals surface area contributed by atoms with Crippen LogP contribution in [-0.4, -0.2) is 47.1 Å². The molecule has 0 fully saturated rings. The Morgan fingerprint density at radius 2 is 1.90 bits per heavy atom. The number of anilines is 1. The lowest BCUT2D eigenvalue weighted by atomic mass is 10.1. The van der Waals surface area contributed by atoms with Crippen molar-refractivity contribution in [2.75, 3.05) is 32.6 Å². The summed E-state index contributed by atoms with van der Waals surface area (Å²) >= 11 is 0. The first-order chi connectivity index (χ1) is 15.2. The fourth-order valence-corrected chi connectivity index (χ4v) is 3.55. The predicted molar refractivity (Wildman–Crippen MR) is 126 cm³/mol. The van der Waals surface area contributed by atoms with Gasteiger partial charge in [0, 0.05) is 49.1 Å². The Morgan fingerprint density at radius 3 is 2.74 bits per heavy atom. The zero-order chi connectivity index (χ0) is 21.5. The van der Waals surface area contributed by atoms with Gasteiger partial charge in [-0.05, 0) is 55.9 Å². The highest BCUT2D eigenvalue weighted by molar-refractivity contribution is 5.79. The Balaban J connectivity index is 1.33. The van der Waals surface area contributed by atoms with Gasteiger partial charge in [-0.25, -0.2) is 9.97 Å². The number of benzene rings is 1. The van der Waals surface area contributed by atoms with Crippen molar-refractivity contribution in [2.45, 2.75) is 19.4 Å². The second-order valence-corrected chi connectivity index (χ2v) is 7.91. The number of aromatic nitrogens is 3. The average Bonchev–Trinajstić information content (AvgIpc) is 3.20. The number of para-hydroxylation sites is 1. The van der Waals surface area contributed by atoms with E-state index >= 15 is 0 Å². The number of nitrogens with one attached hydrogen (secondary N) is 2. The molecular formula is C25H29N5O. The molecule has 1 aromatic carbocycles. The first-order valence-electron chi connectivity index (χ1n) is 10.6. The zero-order valence-electron chi connectivity index (χ0n) is 18.1. The van der Waals surface area contributed by atoms with E-state index < -0.39 is 0 Å². The molecule has 0 saturated heterocycles. The minimum atomic E-state index is 0.671. The average molecular weight is 416 g/mol. The Morgan fingerprint density at radius 1 is 1.00 bits per heavy atom. The van der Waals surface area contributed by atoms with Crippen LogP contribution in [0.2, 0.25) is 0 Å². The van der Waals surface area contributed by atoms with E-state index in [4.69, 9.17) is 4.74 Å². The lowest BCUT2D eigenvalue weighted by molar-refractivity contribution is 0.279. The number of pyridine rings is 2. The van der Waals surface area contributed by atoms with E-state index in [1.165, 1.54) is 11.1 Å². The topological polar surface area (TPSA) is 66.1 Å². The highest BCUT2D eigenvalue weighted by Gasteiger charge is 2.07. The monoisotopic (exact) mass is 415 g/mol. The van der Waals surface area contributed by atoms with Crippen LogP contribution >= 0.6 is 0 Å². The largest absolute Gasteiger partial charge is 0.493 e. The molecule has 6 heteroatoms. The maximum atomic E-state index is 5.99. The number of ether oxygens (including phenoxy) is 1. The maximum absolute atomic E-state index is 5.99. The summed E-state index contributed by atoms with van der Waals surface area (Å²) in [7, 11) is 4.15. The summed E-state index contributed by atoms with van der Waals surface area (Å²) in [6.45, 7) is 2.40. The fraction of sp³-hybridized carbons (Fsp3) is 0.280. The first kappa shape index (κ1) is 20.9. The zero-order valence-corrected chi connectivity index (χ0v) is 18.1. The van der Waals surface area contributed by atoms with Gasteiger partial charge >= 0.3 is 0 Å². The molecule has 0 radical (unpaired) electrons. The summed E-state index contributed by atoms with van der Waals surface area (Å²) in [6, 6.07) is 16.4. The quantitative estimate of drug-likeness (QED) is 0.374. The summed E-state index contributed by atoms with van der Waals surface area (Å²) in [4.78, 5) is 14.3. The third-order valence-corrected chi connectivity index (χ3v) is 5.20. The van der Waals surface area contributed by atoms with Gasteiger partial charge in [0.05, 0.1) is 6.61 Å². The van der Waals surface area contributed by atoms with Crippen molar-refractivity contribution in [3.05, 3.63) is 83.8 Å². The second-order valence-electron chi connectivity index (χ2n) is 7.91. The molecule has 3 heterocycles. The molecule has 0 bridgehead atoms. The Kier molecular flexibility index (Phi) is 6.79. The van der Waals surface area contributed by atoms with Gasteiger partial charge in [0.15, 0.2) is 0 Å². The van der Waals surface area contributed by atoms with Crippen molar-refractivity contribution in [1.82, 2.24) is 19.9 Å². The molecule has 4 rings (SSSR count). The standard InChI is InChI=1S/C25H29N5O/c1-30(2)13-6-14-31-23-9-4-3-7-20(23)17-28-24-11-10-19(16-27-24)15-21-18-29-25-22(21)8-5-12-26-25/h3-5,7-12,16,18H,6,13-15,17H2,1-2H3,(H,26,29)(H,27,28). The van der Waals surface area contributed by atoms with Crippen LogP contribution in [0.4, 0.5) is 5.82 Å². The lowest BCUT2D eigenvalue weighted by Gasteiger charge is -2.14. The number of H-pyrrole nitrogens is 1. The smallest absolute Gasteiger partial charge is 0.137 e. The molecule has 4 aromatic rings. The number of nitrogens with zero attached hydrogens (tertiary/aromatic N) is 3. The van der Waals surface area contributed by atoms with E-state index in [1.54, 1.807) is 6.20 Å². The summed E-state index contributed by atoms with van der Waals surface area (Å²) < 4.78 is 5.99. The minimum Gasteiger partial charge on any atom is -0.493 e. The van der Waals surface area contributed by atoms with Crippen molar-refractivity contribution in [2.24, 2.45) is 0 Å². The molecule has 160 valence electrons. The summed E-state index contributed by atoms with van der Waals surface area (Å²) in [6.07, 6.45) is 7.59. The van der Waals surface area contributed by atoms with Gasteiger partial charge in [-0.15, -0.1) is 0 Å². The molecular weight excluding hydrogens is 386 g/mol. The molecule has 0 spiro atoms. The number of hydrogen-bond donors (Lipinski definition) is 2. The van der Waals surface area contributed by atoms with E-state index in [0.717, 1.165) is 47.6 Å². The van der Waals surface area contributed by atoms with Crippen LogP contribution in [0.25, 0.3) is 11.0 Å². The van der Waals surface area contributed by atoms with Crippen LogP contribution in [-0.2, 0) is 13.0 Å². The summed E-state index contributed by atoms with van der Waals surface area (Å²) in [5.41, 5.74) is 4.45. The van der Waals surface area contributed by atoms with Crippen LogP contribution in [0.15, 0.2) is 67.1 Å². The number of fused-ring (bicyclic) bond motifs is 1. The van der Waals surface area contributed by atoms with Crippen LogP contribution < -0.4 is 10.1 Å². The first-order valence-corrected chi connectivity index (χ1v) is 10.6. The Labute approximate surface area is 183 Å². The van der Waals surface area contributed by atoms with E-state index in [2.05, 4.69) is 57.5 Å². The molecule has 0 unspecified atom stereocenters. The van der Waals surface area contributed by atoms with E-state index in [1.807, 2.05) is 42.7 Å². The van der Waals surface area contributed by atoms with Crippen molar-refractivity contribution < 1.29 is 4.74 Å². The predicted octanol–water partition coefficient (Wildman–Crippen LogP) is 4.49. The number of aromatic amines is 1. The molecule has 0 atom stereocenters. The van der Waals surface area contributed by atoms with Gasteiger partial charge in [-0.3, -0.25) is 0 Å². The molecule has 0 amide bonds. The Bertz CT molecular complexity index is 1100. The summed E-state index contributed by atoms with van der Waals surface area (Å²) in [5.74, 6) is 1.78. The second kappa shape index (κ2) is 10.1. The van der Waals surface area contributed by atoms with Gasteiger partial charge in [0.25, 0.3) is 0 Å². The lowest BCUT2D eigenvalue weighted by Crippen LogP contribution is -2.16. The van der Waals surface area contributed by atoms with Gasteiger partial charge in [0.1, 0.15) is 17.2 Å². The van der Waals surface area contributed by atoms with Gasteiger partial charge in [-0.2, -0.15) is 0 Å². The maximum Gasteiger partial charge on any atom is 0.137 e. The molecule has 3 aromatic heterocycles. The van der Waals surface area contributed by atoms with Gasteiger partial charge in [-0.1, -0.05) is 24.3 Å². The van der Waals surface area contributed by atoms with Crippen molar-refractivity contribution in [1.29, 1.82) is 0 Å². The molecule has 0 aliphatic heterocycles. The molecule has 0 saturated carbocycles. The third kappa shape index (κ3) is 5.61. The van der Waals surface area contributed by atoms with Gasteiger partial charge in [0.2, 0.25) is 0 Å². The minimum absolute atomic E-state index is 0.671. The molecule has 0 aliphatic carbocycles.